The summed E-state index contributed by atoms with van der Waals surface area (Å²) in [4.78, 5) is 14.0. The normalized spacial score (nSPS) is 10.5. The second-order valence-electron chi connectivity index (χ2n) is 4.57. The summed E-state index contributed by atoms with van der Waals surface area (Å²) in [5.41, 5.74) is 2.35. The van der Waals surface area contributed by atoms with Crippen molar-refractivity contribution in [2.75, 3.05) is 13.2 Å². The number of carbonyl (C=O) groups excluding carboxylic acids is 1. The van der Waals surface area contributed by atoms with Crippen molar-refractivity contribution in [3.63, 3.8) is 0 Å². The van der Waals surface area contributed by atoms with Crippen LogP contribution in [0.1, 0.15) is 28.7 Å². The Morgan fingerprint density at radius 2 is 2.10 bits per heavy atom. The molecule has 1 heterocycles. The number of nitrogens with zero attached hydrogens (tertiary/aromatic N) is 2. The van der Waals surface area contributed by atoms with Gasteiger partial charge in [-0.1, -0.05) is 37.3 Å². The van der Waals surface area contributed by atoms with Gasteiger partial charge in [-0.3, -0.25) is 9.89 Å². The molecule has 1 aromatic carbocycles. The number of amides is 1. The number of aryl methyl sites for hydroxylation is 1. The van der Waals surface area contributed by atoms with Crippen LogP contribution in [0.3, 0.4) is 0 Å². The molecule has 5 nitrogen and oxygen atoms in total. The van der Waals surface area contributed by atoms with Crippen molar-refractivity contribution in [1.29, 1.82) is 0 Å². The molecule has 0 aliphatic rings. The van der Waals surface area contributed by atoms with E-state index in [0.717, 1.165) is 17.7 Å². The molecule has 0 saturated carbocycles. The van der Waals surface area contributed by atoms with Crippen LogP contribution in [0.25, 0.3) is 0 Å². The topological polar surface area (TPSA) is 69.2 Å². The van der Waals surface area contributed by atoms with Gasteiger partial charge in [0.1, 0.15) is 5.69 Å². The van der Waals surface area contributed by atoms with Crippen LogP contribution in [0.2, 0.25) is 0 Å². The summed E-state index contributed by atoms with van der Waals surface area (Å²) in [5.74, 6) is -0.168. The van der Waals surface area contributed by atoms with Crippen molar-refractivity contribution in [3.8, 4) is 0 Å². The van der Waals surface area contributed by atoms with E-state index in [2.05, 4.69) is 10.2 Å². The van der Waals surface area contributed by atoms with Gasteiger partial charge in [-0.15, -0.1) is 0 Å². The minimum atomic E-state index is -0.168. The fourth-order valence-electron chi connectivity index (χ4n) is 1.99. The summed E-state index contributed by atoms with van der Waals surface area (Å²) in [6, 6.07) is 11.5. The predicted molar refractivity (Wildman–Crippen MR) is 76.2 cm³/mol. The van der Waals surface area contributed by atoms with E-state index in [-0.39, 0.29) is 12.5 Å². The summed E-state index contributed by atoms with van der Waals surface area (Å²) in [7, 11) is 0. The number of nitrogens with one attached hydrogen (secondary N) is 1. The number of aliphatic hydroxyl groups excluding tert-OH is 1. The molecule has 2 aromatic rings. The second kappa shape index (κ2) is 6.86. The Hall–Kier alpha value is -2.14. The molecule has 1 amide bonds. The zero-order chi connectivity index (χ0) is 14.4. The number of carbonyl (C=O) groups is 1. The van der Waals surface area contributed by atoms with Gasteiger partial charge in [0.2, 0.25) is 0 Å². The lowest BCUT2D eigenvalue weighted by molar-refractivity contribution is 0.0702. The molecule has 0 saturated heterocycles. The molecule has 0 aliphatic carbocycles. The van der Waals surface area contributed by atoms with Crippen LogP contribution in [-0.4, -0.2) is 39.3 Å². The maximum atomic E-state index is 12.4. The van der Waals surface area contributed by atoms with Gasteiger partial charge in [0, 0.05) is 18.8 Å². The standard InChI is InChI=1S/C15H19N3O2/c1-2-13-10-14(17-16-13)15(20)18(8-9-19)11-12-6-4-3-5-7-12/h3-7,10,19H,2,8-9,11H2,1H3,(H,16,17). The van der Waals surface area contributed by atoms with Crippen molar-refractivity contribution in [3.05, 3.63) is 53.3 Å². The first-order valence-corrected chi connectivity index (χ1v) is 6.73. The van der Waals surface area contributed by atoms with Crippen LogP contribution in [-0.2, 0) is 13.0 Å². The summed E-state index contributed by atoms with van der Waals surface area (Å²) in [5, 5.41) is 16.0. The van der Waals surface area contributed by atoms with Crippen molar-refractivity contribution < 1.29 is 9.90 Å². The molecule has 0 bridgehead atoms. The zero-order valence-electron chi connectivity index (χ0n) is 11.5. The molecule has 1 aromatic heterocycles. The number of hydrogen-bond donors (Lipinski definition) is 2. The Labute approximate surface area is 118 Å². The molecule has 0 radical (unpaired) electrons. The average molecular weight is 273 g/mol. The molecule has 2 N–H and O–H groups in total. The van der Waals surface area contributed by atoms with Crippen molar-refractivity contribution in [2.24, 2.45) is 0 Å². The Kier molecular flexibility index (Phi) is 4.90. The Morgan fingerprint density at radius 3 is 2.70 bits per heavy atom. The van der Waals surface area contributed by atoms with Crippen molar-refractivity contribution in [2.45, 2.75) is 19.9 Å². The molecule has 106 valence electrons. The van der Waals surface area contributed by atoms with Gasteiger partial charge in [-0.25, -0.2) is 0 Å². The third-order valence-corrected chi connectivity index (χ3v) is 3.10. The summed E-state index contributed by atoms with van der Waals surface area (Å²) in [6.45, 7) is 2.69. The van der Waals surface area contributed by atoms with Crippen LogP contribution in [0.4, 0.5) is 0 Å². The number of rotatable bonds is 6. The largest absolute Gasteiger partial charge is 0.395 e. The van der Waals surface area contributed by atoms with Gasteiger partial charge >= 0.3 is 0 Å². The van der Waals surface area contributed by atoms with Crippen LogP contribution >= 0.6 is 0 Å². The lowest BCUT2D eigenvalue weighted by Crippen LogP contribution is -2.33. The minimum Gasteiger partial charge on any atom is -0.395 e. The Bertz CT molecular complexity index is 551. The van der Waals surface area contributed by atoms with E-state index in [1.165, 1.54) is 0 Å². The number of aromatic nitrogens is 2. The highest BCUT2D eigenvalue weighted by atomic mass is 16.3. The van der Waals surface area contributed by atoms with Crippen molar-refractivity contribution in [1.82, 2.24) is 15.1 Å². The maximum Gasteiger partial charge on any atom is 0.274 e. The van der Waals surface area contributed by atoms with E-state index in [0.29, 0.717) is 18.8 Å². The smallest absolute Gasteiger partial charge is 0.274 e. The number of benzene rings is 1. The summed E-state index contributed by atoms with van der Waals surface area (Å²) < 4.78 is 0. The summed E-state index contributed by atoms with van der Waals surface area (Å²) in [6.07, 6.45) is 0.805. The quantitative estimate of drug-likeness (QED) is 0.840. The lowest BCUT2D eigenvalue weighted by atomic mass is 10.2. The van der Waals surface area contributed by atoms with Crippen LogP contribution < -0.4 is 0 Å². The van der Waals surface area contributed by atoms with Gasteiger partial charge < -0.3 is 10.0 Å². The van der Waals surface area contributed by atoms with Gasteiger partial charge in [-0.2, -0.15) is 5.10 Å². The first-order chi connectivity index (χ1) is 9.74. The lowest BCUT2D eigenvalue weighted by Gasteiger charge is -2.20. The van der Waals surface area contributed by atoms with E-state index in [9.17, 15) is 4.79 Å². The van der Waals surface area contributed by atoms with Crippen LogP contribution in [0.15, 0.2) is 36.4 Å². The van der Waals surface area contributed by atoms with Crippen LogP contribution in [0, 0.1) is 0 Å². The van der Waals surface area contributed by atoms with Crippen LogP contribution in [0.5, 0.6) is 0 Å². The molecule has 0 aliphatic heterocycles. The van der Waals surface area contributed by atoms with E-state index in [1.807, 2.05) is 37.3 Å². The van der Waals surface area contributed by atoms with E-state index >= 15 is 0 Å². The van der Waals surface area contributed by atoms with Gasteiger partial charge in [0.15, 0.2) is 0 Å². The maximum absolute atomic E-state index is 12.4. The third-order valence-electron chi connectivity index (χ3n) is 3.10. The molecule has 2 rings (SSSR count). The molecular formula is C15H19N3O2. The fourth-order valence-corrected chi connectivity index (χ4v) is 1.99. The highest BCUT2D eigenvalue weighted by Gasteiger charge is 2.18. The van der Waals surface area contributed by atoms with E-state index < -0.39 is 0 Å². The van der Waals surface area contributed by atoms with E-state index in [4.69, 9.17) is 5.11 Å². The molecule has 0 atom stereocenters. The number of aliphatic hydroxyl groups is 1. The number of H-pyrrole nitrogens is 1. The summed E-state index contributed by atoms with van der Waals surface area (Å²) >= 11 is 0. The Morgan fingerprint density at radius 1 is 1.35 bits per heavy atom. The highest BCUT2D eigenvalue weighted by Crippen LogP contribution is 2.09. The molecular weight excluding hydrogens is 254 g/mol. The second-order valence-corrected chi connectivity index (χ2v) is 4.57. The molecule has 0 fully saturated rings. The molecule has 20 heavy (non-hydrogen) atoms. The minimum absolute atomic E-state index is 0.0658. The molecule has 0 unspecified atom stereocenters. The molecule has 5 heteroatoms. The zero-order valence-corrected chi connectivity index (χ0v) is 11.5. The highest BCUT2D eigenvalue weighted by molar-refractivity contribution is 5.92. The monoisotopic (exact) mass is 273 g/mol. The first-order valence-electron chi connectivity index (χ1n) is 6.73. The third kappa shape index (κ3) is 3.45. The number of aromatic amines is 1. The van der Waals surface area contributed by atoms with Gasteiger partial charge in [-0.05, 0) is 18.1 Å². The van der Waals surface area contributed by atoms with E-state index in [1.54, 1.807) is 11.0 Å². The SMILES string of the molecule is CCc1cc(C(=O)N(CCO)Cc2ccccc2)n[nH]1. The average Bonchev–Trinajstić information content (AvgIpc) is 2.96. The van der Waals surface area contributed by atoms with Gasteiger partial charge in [0.05, 0.1) is 6.61 Å². The Balaban J connectivity index is 2.13. The predicted octanol–water partition coefficient (Wildman–Crippen LogP) is 1.61. The molecule has 0 spiro atoms. The number of hydrogen-bond acceptors (Lipinski definition) is 3. The van der Waals surface area contributed by atoms with Crippen molar-refractivity contribution >= 4 is 5.91 Å². The first kappa shape index (κ1) is 14.3. The van der Waals surface area contributed by atoms with Gasteiger partial charge in [0.25, 0.3) is 5.91 Å². The fraction of sp³-hybridized carbons (Fsp3) is 0.333.